The summed E-state index contributed by atoms with van der Waals surface area (Å²) in [6.07, 6.45) is 7.29. The van der Waals surface area contributed by atoms with Gasteiger partial charge in [0.15, 0.2) is 0 Å². The first-order valence-corrected chi connectivity index (χ1v) is 6.10. The molecule has 0 saturated heterocycles. The van der Waals surface area contributed by atoms with E-state index in [1.54, 1.807) is 0 Å². The number of rotatable bonds is 8. The summed E-state index contributed by atoms with van der Waals surface area (Å²) in [7, 11) is 1.47. The number of nitrogens with one attached hydrogen (secondary N) is 1. The lowest BCUT2D eigenvalue weighted by atomic mass is 10.1. The molecule has 1 atom stereocenters. The first-order valence-electron chi connectivity index (χ1n) is 6.10. The van der Waals surface area contributed by atoms with Gasteiger partial charge in [-0.05, 0) is 31.7 Å². The maximum Gasteiger partial charge on any atom is 0.323 e. The Bertz CT molecular complexity index is 190. The van der Waals surface area contributed by atoms with E-state index >= 15 is 0 Å². The van der Waals surface area contributed by atoms with E-state index in [0.29, 0.717) is 5.92 Å². The molecule has 0 spiro atoms. The van der Waals surface area contributed by atoms with Crippen LogP contribution in [-0.4, -0.2) is 25.7 Å². The number of ether oxygens (including phenoxy) is 1. The Hall–Kier alpha value is -0.570. The molecular weight excluding hydrogens is 190 g/mol. The lowest BCUT2D eigenvalue weighted by Crippen LogP contribution is -2.39. The van der Waals surface area contributed by atoms with E-state index in [4.69, 9.17) is 4.74 Å². The average molecular weight is 213 g/mol. The maximum atomic E-state index is 11.4. The SMILES string of the molecule is CCCCCCNC(C(=O)OC)C1CC1. The number of hydrogen-bond acceptors (Lipinski definition) is 3. The molecule has 0 aromatic heterocycles. The van der Waals surface area contributed by atoms with Gasteiger partial charge in [-0.2, -0.15) is 0 Å². The molecule has 88 valence electrons. The highest BCUT2D eigenvalue weighted by Gasteiger charge is 2.36. The Balaban J connectivity index is 2.12. The molecule has 1 aliphatic carbocycles. The highest BCUT2D eigenvalue weighted by molar-refractivity contribution is 5.76. The van der Waals surface area contributed by atoms with E-state index in [1.165, 1.54) is 39.2 Å². The number of carbonyl (C=O) groups is 1. The normalized spacial score (nSPS) is 17.5. The van der Waals surface area contributed by atoms with Crippen molar-refractivity contribution in [2.45, 2.75) is 51.5 Å². The van der Waals surface area contributed by atoms with Crippen molar-refractivity contribution in [3.63, 3.8) is 0 Å². The molecule has 0 aromatic rings. The summed E-state index contributed by atoms with van der Waals surface area (Å²) >= 11 is 0. The highest BCUT2D eigenvalue weighted by Crippen LogP contribution is 2.33. The van der Waals surface area contributed by atoms with E-state index < -0.39 is 0 Å². The van der Waals surface area contributed by atoms with E-state index in [2.05, 4.69) is 12.2 Å². The zero-order valence-corrected chi connectivity index (χ0v) is 9.92. The first-order chi connectivity index (χ1) is 7.29. The molecular formula is C12H23NO2. The number of esters is 1. The number of hydrogen-bond donors (Lipinski definition) is 1. The Morgan fingerprint density at radius 3 is 2.67 bits per heavy atom. The molecule has 1 fully saturated rings. The predicted octanol–water partition coefficient (Wildman–Crippen LogP) is 2.11. The zero-order chi connectivity index (χ0) is 11.1. The van der Waals surface area contributed by atoms with Gasteiger partial charge in [-0.25, -0.2) is 0 Å². The van der Waals surface area contributed by atoms with Crippen molar-refractivity contribution in [3.05, 3.63) is 0 Å². The predicted molar refractivity (Wildman–Crippen MR) is 60.7 cm³/mol. The van der Waals surface area contributed by atoms with Crippen LogP contribution in [0.4, 0.5) is 0 Å². The molecule has 1 saturated carbocycles. The van der Waals surface area contributed by atoms with Gasteiger partial charge < -0.3 is 10.1 Å². The van der Waals surface area contributed by atoms with Crippen LogP contribution in [0, 0.1) is 5.92 Å². The molecule has 0 aromatic carbocycles. The van der Waals surface area contributed by atoms with Crippen LogP contribution in [0.15, 0.2) is 0 Å². The van der Waals surface area contributed by atoms with Gasteiger partial charge in [-0.15, -0.1) is 0 Å². The molecule has 15 heavy (non-hydrogen) atoms. The molecule has 1 N–H and O–H groups in total. The fourth-order valence-electron chi connectivity index (χ4n) is 1.81. The van der Waals surface area contributed by atoms with Gasteiger partial charge in [0, 0.05) is 0 Å². The van der Waals surface area contributed by atoms with Gasteiger partial charge >= 0.3 is 5.97 Å². The minimum atomic E-state index is -0.0898. The van der Waals surface area contributed by atoms with Gasteiger partial charge in [0.05, 0.1) is 7.11 Å². The smallest absolute Gasteiger partial charge is 0.323 e. The van der Waals surface area contributed by atoms with E-state index in [1.807, 2.05) is 0 Å². The zero-order valence-electron chi connectivity index (χ0n) is 9.92. The largest absolute Gasteiger partial charge is 0.468 e. The number of carbonyl (C=O) groups excluding carboxylic acids is 1. The summed E-state index contributed by atoms with van der Waals surface area (Å²) in [6.45, 7) is 3.14. The third-order valence-corrected chi connectivity index (χ3v) is 2.94. The summed E-state index contributed by atoms with van der Waals surface area (Å²) < 4.78 is 4.79. The van der Waals surface area contributed by atoms with Crippen LogP contribution in [0.1, 0.15) is 45.4 Å². The standard InChI is InChI=1S/C12H23NO2/c1-3-4-5-6-9-13-11(10-7-8-10)12(14)15-2/h10-11,13H,3-9H2,1-2H3. The van der Waals surface area contributed by atoms with Crippen LogP contribution in [0.25, 0.3) is 0 Å². The fourth-order valence-corrected chi connectivity index (χ4v) is 1.81. The minimum absolute atomic E-state index is 0.0448. The molecule has 0 amide bonds. The maximum absolute atomic E-state index is 11.4. The summed E-state index contributed by atoms with van der Waals surface area (Å²) in [4.78, 5) is 11.4. The lowest BCUT2D eigenvalue weighted by molar-refractivity contribution is -0.143. The third-order valence-electron chi connectivity index (χ3n) is 2.94. The van der Waals surface area contributed by atoms with Crippen LogP contribution in [-0.2, 0) is 9.53 Å². The minimum Gasteiger partial charge on any atom is -0.468 e. The molecule has 1 rings (SSSR count). The van der Waals surface area contributed by atoms with E-state index in [-0.39, 0.29) is 12.0 Å². The highest BCUT2D eigenvalue weighted by atomic mass is 16.5. The molecule has 1 unspecified atom stereocenters. The molecule has 3 nitrogen and oxygen atoms in total. The monoisotopic (exact) mass is 213 g/mol. The van der Waals surface area contributed by atoms with E-state index in [0.717, 1.165) is 13.0 Å². The summed E-state index contributed by atoms with van der Waals surface area (Å²) in [5.74, 6) is 0.441. The summed E-state index contributed by atoms with van der Waals surface area (Å²) in [6, 6.07) is -0.0448. The van der Waals surface area contributed by atoms with Crippen LogP contribution < -0.4 is 5.32 Å². The quantitative estimate of drug-likeness (QED) is 0.496. The number of unbranched alkanes of at least 4 members (excludes halogenated alkanes) is 3. The van der Waals surface area contributed by atoms with E-state index in [9.17, 15) is 4.79 Å². The van der Waals surface area contributed by atoms with Gasteiger partial charge in [-0.3, -0.25) is 4.79 Å². The van der Waals surface area contributed by atoms with Crippen molar-refractivity contribution in [2.75, 3.05) is 13.7 Å². The van der Waals surface area contributed by atoms with Gasteiger partial charge in [-0.1, -0.05) is 26.2 Å². The molecule has 0 heterocycles. The van der Waals surface area contributed by atoms with Crippen LogP contribution in [0.5, 0.6) is 0 Å². The van der Waals surface area contributed by atoms with Gasteiger partial charge in [0.25, 0.3) is 0 Å². The van der Waals surface area contributed by atoms with Crippen molar-refractivity contribution in [1.29, 1.82) is 0 Å². The van der Waals surface area contributed by atoms with Crippen LogP contribution >= 0.6 is 0 Å². The Labute approximate surface area is 92.6 Å². The Kier molecular flexibility index (Phi) is 5.69. The second-order valence-electron chi connectivity index (χ2n) is 4.35. The molecule has 0 bridgehead atoms. The van der Waals surface area contributed by atoms with Crippen molar-refractivity contribution >= 4 is 5.97 Å². The summed E-state index contributed by atoms with van der Waals surface area (Å²) in [5.41, 5.74) is 0. The second kappa shape index (κ2) is 6.83. The third kappa shape index (κ3) is 4.65. The first kappa shape index (κ1) is 12.5. The molecule has 0 radical (unpaired) electrons. The van der Waals surface area contributed by atoms with Crippen molar-refractivity contribution < 1.29 is 9.53 Å². The summed E-state index contributed by atoms with van der Waals surface area (Å²) in [5, 5.41) is 3.32. The molecule has 3 heteroatoms. The van der Waals surface area contributed by atoms with Gasteiger partial charge in [0.2, 0.25) is 0 Å². The lowest BCUT2D eigenvalue weighted by Gasteiger charge is -2.15. The van der Waals surface area contributed by atoms with Crippen molar-refractivity contribution in [1.82, 2.24) is 5.32 Å². The Morgan fingerprint density at radius 1 is 1.40 bits per heavy atom. The number of methoxy groups -OCH3 is 1. The van der Waals surface area contributed by atoms with Crippen molar-refractivity contribution in [3.8, 4) is 0 Å². The second-order valence-corrected chi connectivity index (χ2v) is 4.35. The topological polar surface area (TPSA) is 38.3 Å². The molecule has 1 aliphatic rings. The van der Waals surface area contributed by atoms with Crippen molar-refractivity contribution in [2.24, 2.45) is 5.92 Å². The molecule has 0 aliphatic heterocycles. The van der Waals surface area contributed by atoms with Crippen LogP contribution in [0.3, 0.4) is 0 Å². The Morgan fingerprint density at radius 2 is 2.13 bits per heavy atom. The fraction of sp³-hybridized carbons (Fsp3) is 0.917. The van der Waals surface area contributed by atoms with Crippen LogP contribution in [0.2, 0.25) is 0 Å². The average Bonchev–Trinajstić information content (AvgIpc) is 3.06. The van der Waals surface area contributed by atoms with Gasteiger partial charge in [0.1, 0.15) is 6.04 Å².